The average molecular weight is 586 g/mol. The molecule has 0 aliphatic rings. The highest BCUT2D eigenvalue weighted by Gasteiger charge is 2.37. The lowest BCUT2D eigenvalue weighted by Crippen LogP contribution is -2.53. The number of nitrogens with one attached hydrogen (secondary N) is 2. The molecule has 0 aliphatic carbocycles. The number of anilines is 1. The fourth-order valence-corrected chi connectivity index (χ4v) is 5.18. The highest BCUT2D eigenvalue weighted by Crippen LogP contribution is 2.30. The smallest absolute Gasteiger partial charge is 0.408 e. The van der Waals surface area contributed by atoms with Crippen LogP contribution < -0.4 is 10.6 Å². The van der Waals surface area contributed by atoms with Crippen LogP contribution >= 0.6 is 0 Å². The molecule has 7 heteroatoms. The molecule has 0 spiro atoms. The second-order valence-corrected chi connectivity index (χ2v) is 12.3. The molecule has 2 atom stereocenters. The van der Waals surface area contributed by atoms with Gasteiger partial charge in [0.25, 0.3) is 5.91 Å². The van der Waals surface area contributed by atoms with Crippen LogP contribution in [0, 0.1) is 27.7 Å². The molecule has 2 N–H and O–H groups in total. The molecule has 0 fully saturated rings. The van der Waals surface area contributed by atoms with Gasteiger partial charge in [0.15, 0.2) is 0 Å². The first-order valence-corrected chi connectivity index (χ1v) is 15.1. The number of rotatable bonds is 11. The van der Waals surface area contributed by atoms with E-state index in [-0.39, 0.29) is 18.2 Å². The summed E-state index contributed by atoms with van der Waals surface area (Å²) in [5.74, 6) is -0.644. The molecular formula is C36H47N3O4. The Morgan fingerprint density at radius 1 is 0.860 bits per heavy atom. The Hall–Kier alpha value is -4.13. The molecule has 0 bridgehead atoms. The number of aryl methyl sites for hydroxylation is 4. The minimum atomic E-state index is -0.949. The molecule has 0 saturated carbocycles. The van der Waals surface area contributed by atoms with Gasteiger partial charge in [-0.3, -0.25) is 9.59 Å². The van der Waals surface area contributed by atoms with Crippen molar-refractivity contribution in [2.75, 3.05) is 11.9 Å². The van der Waals surface area contributed by atoms with Crippen LogP contribution in [0.1, 0.15) is 80.0 Å². The molecule has 43 heavy (non-hydrogen) atoms. The molecule has 230 valence electrons. The van der Waals surface area contributed by atoms with Crippen molar-refractivity contribution in [2.45, 2.75) is 92.3 Å². The Labute approximate surface area is 257 Å². The topological polar surface area (TPSA) is 87.7 Å². The monoisotopic (exact) mass is 585 g/mol. The molecule has 3 rings (SSSR count). The Kier molecular flexibility index (Phi) is 11.5. The zero-order chi connectivity index (χ0) is 31.7. The summed E-state index contributed by atoms with van der Waals surface area (Å²) in [5.41, 5.74) is 5.48. The van der Waals surface area contributed by atoms with Gasteiger partial charge in [-0.15, -0.1) is 0 Å². The molecule has 3 aromatic rings. The SMILES string of the molecule is CCCCN(C(=O)C(Cc1ccccc1)NC(=O)OC(C)(C)C)C(C(=O)Nc1c(C)cccc1C)c1ccc(C)cc1C. The van der Waals surface area contributed by atoms with Crippen LogP contribution in [0.2, 0.25) is 0 Å². The first-order chi connectivity index (χ1) is 20.3. The van der Waals surface area contributed by atoms with Crippen molar-refractivity contribution in [1.29, 1.82) is 0 Å². The number of ether oxygens (including phenoxy) is 1. The van der Waals surface area contributed by atoms with Gasteiger partial charge in [-0.1, -0.05) is 85.6 Å². The van der Waals surface area contributed by atoms with E-state index < -0.39 is 23.8 Å². The van der Waals surface area contributed by atoms with Crippen molar-refractivity contribution in [3.05, 3.63) is 100 Å². The number of para-hydroxylation sites is 1. The first kappa shape index (κ1) is 33.4. The van der Waals surface area contributed by atoms with Crippen LogP contribution in [0.25, 0.3) is 0 Å². The summed E-state index contributed by atoms with van der Waals surface area (Å²) in [6.07, 6.45) is 1.08. The number of hydrogen-bond donors (Lipinski definition) is 2. The summed E-state index contributed by atoms with van der Waals surface area (Å²) in [4.78, 5) is 43.6. The Balaban J connectivity index is 2.12. The lowest BCUT2D eigenvalue weighted by molar-refractivity contribution is -0.140. The van der Waals surface area contributed by atoms with Crippen molar-refractivity contribution >= 4 is 23.6 Å². The fraction of sp³-hybridized carbons (Fsp3) is 0.417. The largest absolute Gasteiger partial charge is 0.444 e. The van der Waals surface area contributed by atoms with E-state index in [1.165, 1.54) is 0 Å². The van der Waals surface area contributed by atoms with Gasteiger partial charge in [0.2, 0.25) is 5.91 Å². The molecule has 3 aromatic carbocycles. The zero-order valence-electron chi connectivity index (χ0n) is 26.9. The maximum absolute atomic E-state index is 14.6. The standard InChI is InChI=1S/C36H47N3O4/c1-9-10-21-39(34(41)30(23-28-17-12-11-13-18-28)37-35(42)43-36(6,7)8)32(29-20-19-24(2)22-27(29)5)33(40)38-31-25(3)15-14-16-26(31)4/h11-20,22,30,32H,9-10,21,23H2,1-8H3,(H,37,42)(H,38,40). The number of unbranched alkanes of at least 4 members (excludes halogenated alkanes) is 1. The molecule has 0 radical (unpaired) electrons. The van der Waals surface area contributed by atoms with Crippen LogP contribution in [-0.2, 0) is 20.7 Å². The third-order valence-electron chi connectivity index (χ3n) is 7.32. The fourth-order valence-electron chi connectivity index (χ4n) is 5.18. The summed E-state index contributed by atoms with van der Waals surface area (Å²) in [5, 5.41) is 5.98. The van der Waals surface area contributed by atoms with Crippen molar-refractivity contribution in [1.82, 2.24) is 10.2 Å². The van der Waals surface area contributed by atoms with E-state index in [0.29, 0.717) is 13.0 Å². The molecule has 0 aromatic heterocycles. The minimum absolute atomic E-state index is 0.250. The normalized spacial score (nSPS) is 12.7. The molecule has 0 heterocycles. The van der Waals surface area contributed by atoms with E-state index in [2.05, 4.69) is 10.6 Å². The second kappa shape index (κ2) is 14.9. The van der Waals surface area contributed by atoms with E-state index in [1.54, 1.807) is 25.7 Å². The van der Waals surface area contributed by atoms with Gasteiger partial charge in [0, 0.05) is 18.7 Å². The number of hydrogen-bond acceptors (Lipinski definition) is 4. The van der Waals surface area contributed by atoms with Gasteiger partial charge >= 0.3 is 6.09 Å². The van der Waals surface area contributed by atoms with Crippen LogP contribution in [0.4, 0.5) is 10.5 Å². The summed E-state index contributed by atoms with van der Waals surface area (Å²) in [6, 6.07) is 19.5. The minimum Gasteiger partial charge on any atom is -0.444 e. The van der Waals surface area contributed by atoms with Crippen molar-refractivity contribution in [3.63, 3.8) is 0 Å². The van der Waals surface area contributed by atoms with Crippen molar-refractivity contribution in [3.8, 4) is 0 Å². The van der Waals surface area contributed by atoms with Crippen molar-refractivity contribution in [2.24, 2.45) is 0 Å². The van der Waals surface area contributed by atoms with E-state index in [1.807, 2.05) is 101 Å². The molecule has 3 amide bonds. The highest BCUT2D eigenvalue weighted by molar-refractivity contribution is 6.00. The number of alkyl carbamates (subject to hydrolysis) is 1. The third kappa shape index (κ3) is 9.43. The summed E-state index contributed by atoms with van der Waals surface area (Å²) >= 11 is 0. The van der Waals surface area contributed by atoms with Crippen LogP contribution in [-0.4, -0.2) is 41.0 Å². The van der Waals surface area contributed by atoms with Gasteiger partial charge in [-0.2, -0.15) is 0 Å². The molecule has 7 nitrogen and oxygen atoms in total. The van der Waals surface area contributed by atoms with E-state index in [4.69, 9.17) is 4.74 Å². The van der Waals surface area contributed by atoms with E-state index in [0.717, 1.165) is 45.5 Å². The number of amides is 3. The second-order valence-electron chi connectivity index (χ2n) is 12.3. The lowest BCUT2D eigenvalue weighted by atomic mass is 9.95. The quantitative estimate of drug-likeness (QED) is 0.246. The van der Waals surface area contributed by atoms with Crippen LogP contribution in [0.3, 0.4) is 0 Å². The number of carbonyl (C=O) groups excluding carboxylic acids is 3. The maximum atomic E-state index is 14.6. The van der Waals surface area contributed by atoms with Gasteiger partial charge in [0.05, 0.1) is 0 Å². The predicted octanol–water partition coefficient (Wildman–Crippen LogP) is 7.36. The molecule has 2 unspecified atom stereocenters. The molecule has 0 aliphatic heterocycles. The number of nitrogens with zero attached hydrogens (tertiary/aromatic N) is 1. The highest BCUT2D eigenvalue weighted by atomic mass is 16.6. The van der Waals surface area contributed by atoms with E-state index in [9.17, 15) is 14.4 Å². The number of carbonyl (C=O) groups is 3. The third-order valence-corrected chi connectivity index (χ3v) is 7.32. The van der Waals surface area contributed by atoms with Gasteiger partial charge in [-0.05, 0) is 82.7 Å². The summed E-state index contributed by atoms with van der Waals surface area (Å²) < 4.78 is 5.55. The van der Waals surface area contributed by atoms with Gasteiger partial charge in [0.1, 0.15) is 17.7 Å². The lowest BCUT2D eigenvalue weighted by Gasteiger charge is -2.35. The van der Waals surface area contributed by atoms with Crippen LogP contribution in [0.15, 0.2) is 66.7 Å². The van der Waals surface area contributed by atoms with E-state index >= 15 is 0 Å². The van der Waals surface area contributed by atoms with Gasteiger partial charge < -0.3 is 20.3 Å². The summed E-state index contributed by atoms with van der Waals surface area (Å²) in [7, 11) is 0. The average Bonchev–Trinajstić information content (AvgIpc) is 2.92. The Bertz CT molecular complexity index is 1390. The summed E-state index contributed by atoms with van der Waals surface area (Å²) in [6.45, 7) is 15.6. The maximum Gasteiger partial charge on any atom is 0.408 e. The Morgan fingerprint density at radius 2 is 1.51 bits per heavy atom. The predicted molar refractivity (Wildman–Crippen MR) is 173 cm³/mol. The van der Waals surface area contributed by atoms with Crippen LogP contribution in [0.5, 0.6) is 0 Å². The molecular weight excluding hydrogens is 538 g/mol. The molecule has 0 saturated heterocycles. The van der Waals surface area contributed by atoms with Gasteiger partial charge in [-0.25, -0.2) is 4.79 Å². The Morgan fingerprint density at radius 3 is 2.09 bits per heavy atom. The zero-order valence-corrected chi connectivity index (χ0v) is 26.9. The first-order valence-electron chi connectivity index (χ1n) is 15.1. The number of benzene rings is 3. The van der Waals surface area contributed by atoms with Crippen molar-refractivity contribution < 1.29 is 19.1 Å².